The Balaban J connectivity index is 1.42. The summed E-state index contributed by atoms with van der Waals surface area (Å²) in [6.45, 7) is 1.40. The van der Waals surface area contributed by atoms with Crippen LogP contribution >= 0.6 is 11.3 Å². The van der Waals surface area contributed by atoms with Gasteiger partial charge in [0.15, 0.2) is 6.10 Å². The van der Waals surface area contributed by atoms with Crippen LogP contribution in [0.1, 0.15) is 17.5 Å². The third-order valence-electron chi connectivity index (χ3n) is 3.74. The van der Waals surface area contributed by atoms with Crippen LogP contribution in [0.15, 0.2) is 48.5 Å². The van der Waals surface area contributed by atoms with Crippen LogP contribution in [0.3, 0.4) is 0 Å². The van der Waals surface area contributed by atoms with E-state index >= 15 is 0 Å². The van der Waals surface area contributed by atoms with Crippen molar-refractivity contribution in [2.45, 2.75) is 19.6 Å². The van der Waals surface area contributed by atoms with Gasteiger partial charge in [-0.3, -0.25) is 4.79 Å². The van der Waals surface area contributed by atoms with Crippen molar-refractivity contribution in [3.8, 4) is 6.07 Å². The summed E-state index contributed by atoms with van der Waals surface area (Å²) in [5.41, 5.74) is 1.89. The van der Waals surface area contributed by atoms with Crippen LogP contribution in [0.2, 0.25) is 0 Å². The molecule has 1 aromatic heterocycles. The molecule has 0 saturated heterocycles. The second-order valence-electron chi connectivity index (χ2n) is 5.88. The molecule has 8 heteroatoms. The summed E-state index contributed by atoms with van der Waals surface area (Å²) in [5, 5.41) is 12.2. The van der Waals surface area contributed by atoms with Gasteiger partial charge >= 0.3 is 5.97 Å². The van der Waals surface area contributed by atoms with Crippen molar-refractivity contribution in [2.75, 3.05) is 11.9 Å². The molecular weight excluding hydrogens is 378 g/mol. The van der Waals surface area contributed by atoms with E-state index in [1.165, 1.54) is 18.3 Å². The quantitative estimate of drug-likeness (QED) is 0.616. The van der Waals surface area contributed by atoms with Gasteiger partial charge in [0, 0.05) is 5.69 Å². The molecule has 1 amide bonds. The third-order valence-corrected chi connectivity index (χ3v) is 4.75. The molecule has 0 aliphatic carbocycles. The SMILES string of the molecule is C[C@@H](OC(=O)COCc1nc2ccccc2s1)C(=O)Nc1ccc(C#N)cc1. The van der Waals surface area contributed by atoms with E-state index in [2.05, 4.69) is 10.3 Å². The molecular formula is C20H17N3O4S. The first kappa shape index (κ1) is 19.5. The number of rotatable bonds is 7. The predicted molar refractivity (Wildman–Crippen MR) is 105 cm³/mol. The Kier molecular flexibility index (Phi) is 6.32. The van der Waals surface area contributed by atoms with Crippen molar-refractivity contribution < 1.29 is 19.1 Å². The number of carbonyl (C=O) groups excluding carboxylic acids is 2. The average Bonchev–Trinajstić information content (AvgIpc) is 3.11. The van der Waals surface area contributed by atoms with Crippen molar-refractivity contribution in [1.29, 1.82) is 5.26 Å². The zero-order chi connectivity index (χ0) is 19.9. The fourth-order valence-corrected chi connectivity index (χ4v) is 3.27. The number of nitriles is 1. The first-order valence-corrected chi connectivity index (χ1v) is 9.29. The fraction of sp³-hybridized carbons (Fsp3) is 0.200. The minimum absolute atomic E-state index is 0.195. The Morgan fingerprint density at radius 3 is 2.68 bits per heavy atom. The van der Waals surface area contributed by atoms with Gasteiger partial charge in [-0.15, -0.1) is 11.3 Å². The van der Waals surface area contributed by atoms with Gasteiger partial charge in [0.05, 0.1) is 28.5 Å². The van der Waals surface area contributed by atoms with Crippen LogP contribution < -0.4 is 5.32 Å². The van der Waals surface area contributed by atoms with Gasteiger partial charge in [-0.25, -0.2) is 9.78 Å². The molecule has 0 spiro atoms. The van der Waals surface area contributed by atoms with E-state index in [0.29, 0.717) is 11.3 Å². The number of ether oxygens (including phenoxy) is 2. The summed E-state index contributed by atoms with van der Waals surface area (Å²) in [7, 11) is 0. The maximum absolute atomic E-state index is 12.1. The second kappa shape index (κ2) is 9.08. The van der Waals surface area contributed by atoms with E-state index in [4.69, 9.17) is 14.7 Å². The van der Waals surface area contributed by atoms with E-state index in [1.807, 2.05) is 30.3 Å². The number of thiazole rings is 1. The van der Waals surface area contributed by atoms with E-state index in [-0.39, 0.29) is 13.2 Å². The molecule has 3 aromatic rings. The minimum atomic E-state index is -0.978. The predicted octanol–water partition coefficient (Wildman–Crippen LogP) is 3.25. The van der Waals surface area contributed by atoms with Gasteiger partial charge in [0.1, 0.15) is 11.6 Å². The number of nitrogens with one attached hydrogen (secondary N) is 1. The molecule has 3 rings (SSSR count). The lowest BCUT2D eigenvalue weighted by molar-refractivity contribution is -0.157. The summed E-state index contributed by atoms with van der Waals surface area (Å²) in [5.74, 6) is -1.10. The maximum Gasteiger partial charge on any atom is 0.332 e. The summed E-state index contributed by atoms with van der Waals surface area (Å²) in [6.07, 6.45) is -0.978. The molecule has 0 fully saturated rings. The van der Waals surface area contributed by atoms with E-state index < -0.39 is 18.0 Å². The number of amides is 1. The van der Waals surface area contributed by atoms with Crippen molar-refractivity contribution in [1.82, 2.24) is 4.98 Å². The van der Waals surface area contributed by atoms with Crippen LogP contribution in [-0.4, -0.2) is 29.6 Å². The molecule has 1 atom stereocenters. The van der Waals surface area contributed by atoms with Gasteiger partial charge < -0.3 is 14.8 Å². The van der Waals surface area contributed by atoms with Gasteiger partial charge in [-0.05, 0) is 43.3 Å². The number of hydrogen-bond acceptors (Lipinski definition) is 7. The second-order valence-corrected chi connectivity index (χ2v) is 6.99. The lowest BCUT2D eigenvalue weighted by Crippen LogP contribution is -2.31. The topological polar surface area (TPSA) is 101 Å². The first-order valence-electron chi connectivity index (χ1n) is 8.48. The number of anilines is 1. The van der Waals surface area contributed by atoms with Crippen LogP contribution in [-0.2, 0) is 25.7 Å². The van der Waals surface area contributed by atoms with Crippen molar-refractivity contribution in [3.63, 3.8) is 0 Å². The average molecular weight is 395 g/mol. The lowest BCUT2D eigenvalue weighted by Gasteiger charge is -2.13. The molecule has 1 N–H and O–H groups in total. The highest BCUT2D eigenvalue weighted by atomic mass is 32.1. The van der Waals surface area contributed by atoms with Gasteiger partial charge in [-0.1, -0.05) is 12.1 Å². The number of nitrogens with zero attached hydrogens (tertiary/aromatic N) is 2. The fourth-order valence-electron chi connectivity index (χ4n) is 2.36. The molecule has 142 valence electrons. The first-order chi connectivity index (χ1) is 13.5. The molecule has 1 heterocycles. The molecule has 0 radical (unpaired) electrons. The van der Waals surface area contributed by atoms with Crippen molar-refractivity contribution in [3.05, 3.63) is 59.1 Å². The highest BCUT2D eigenvalue weighted by Gasteiger charge is 2.18. The molecule has 0 aliphatic heterocycles. The zero-order valence-electron chi connectivity index (χ0n) is 15.0. The van der Waals surface area contributed by atoms with Gasteiger partial charge in [0.25, 0.3) is 5.91 Å². The maximum atomic E-state index is 12.1. The molecule has 7 nitrogen and oxygen atoms in total. The Labute approximate surface area is 165 Å². The van der Waals surface area contributed by atoms with Gasteiger partial charge in [0.2, 0.25) is 0 Å². The van der Waals surface area contributed by atoms with E-state index in [9.17, 15) is 9.59 Å². The van der Waals surface area contributed by atoms with Crippen LogP contribution in [0, 0.1) is 11.3 Å². The third kappa shape index (κ3) is 5.13. The largest absolute Gasteiger partial charge is 0.451 e. The number of benzene rings is 2. The number of carbonyl (C=O) groups is 2. The summed E-state index contributed by atoms with van der Waals surface area (Å²) in [6, 6.07) is 16.1. The Hall–Kier alpha value is -3.28. The van der Waals surface area contributed by atoms with E-state index in [0.717, 1.165) is 15.2 Å². The van der Waals surface area contributed by atoms with Crippen LogP contribution in [0.4, 0.5) is 5.69 Å². The molecule has 0 bridgehead atoms. The number of fused-ring (bicyclic) bond motifs is 1. The Morgan fingerprint density at radius 2 is 1.96 bits per heavy atom. The molecule has 2 aromatic carbocycles. The number of esters is 1. The highest BCUT2D eigenvalue weighted by Crippen LogP contribution is 2.21. The normalized spacial score (nSPS) is 11.6. The van der Waals surface area contributed by atoms with Crippen LogP contribution in [0.25, 0.3) is 10.2 Å². The monoisotopic (exact) mass is 395 g/mol. The number of para-hydroxylation sites is 1. The summed E-state index contributed by atoms with van der Waals surface area (Å²) >= 11 is 1.50. The Morgan fingerprint density at radius 1 is 1.21 bits per heavy atom. The van der Waals surface area contributed by atoms with Crippen molar-refractivity contribution in [2.24, 2.45) is 0 Å². The zero-order valence-corrected chi connectivity index (χ0v) is 15.9. The number of aromatic nitrogens is 1. The highest BCUT2D eigenvalue weighted by molar-refractivity contribution is 7.18. The summed E-state index contributed by atoms with van der Waals surface area (Å²) in [4.78, 5) is 28.4. The van der Waals surface area contributed by atoms with Crippen LogP contribution in [0.5, 0.6) is 0 Å². The van der Waals surface area contributed by atoms with E-state index in [1.54, 1.807) is 24.3 Å². The molecule has 0 unspecified atom stereocenters. The Bertz CT molecular complexity index is 991. The molecule has 0 saturated carbocycles. The molecule has 28 heavy (non-hydrogen) atoms. The number of hydrogen-bond donors (Lipinski definition) is 1. The van der Waals surface area contributed by atoms with Crippen molar-refractivity contribution >= 4 is 39.1 Å². The standard InChI is InChI=1S/C20H17N3O4S/c1-13(20(25)22-15-8-6-14(10-21)7-9-15)27-19(24)12-26-11-18-23-16-4-2-3-5-17(16)28-18/h2-9,13H,11-12H2,1H3,(H,22,25)/t13-/m1/s1. The van der Waals surface area contributed by atoms with Gasteiger partial charge in [-0.2, -0.15) is 5.26 Å². The minimum Gasteiger partial charge on any atom is -0.451 e. The smallest absolute Gasteiger partial charge is 0.332 e. The summed E-state index contributed by atoms with van der Waals surface area (Å²) < 4.78 is 11.5. The lowest BCUT2D eigenvalue weighted by atomic mass is 10.2. The molecule has 0 aliphatic rings.